The summed E-state index contributed by atoms with van der Waals surface area (Å²) in [6.45, 7) is 15.9. The Balaban J connectivity index is 0.00000406. The van der Waals surface area contributed by atoms with Crippen molar-refractivity contribution in [3.8, 4) is 33.9 Å². The molecule has 8 rings (SSSR count). The standard InChI is InChI=1S/C46H42N4.Pt/c1-29(2)35-17-12-18-36(30(3)4)43(35)49-26-25-48-44(49)33-22-21-31-13-11-19-37(39(31)28-33)32-14-10-15-34(27-32)50-41-20-9-8-16-38(41)42-40(46(5,6)7)23-24-47-45(42)50;/h8-26,29-30H,1-7H3;/q-2;+2. The first-order valence-corrected chi connectivity index (χ1v) is 17.7. The second-order valence-corrected chi connectivity index (χ2v) is 15.0. The quantitative estimate of drug-likeness (QED) is 0.156. The Morgan fingerprint density at radius 3 is 2.14 bits per heavy atom. The van der Waals surface area contributed by atoms with E-state index >= 15 is 0 Å². The number of benzene rings is 5. The van der Waals surface area contributed by atoms with Gasteiger partial charge in [0, 0.05) is 35.1 Å². The molecular formula is C46H42N4Pt. The Labute approximate surface area is 315 Å². The molecule has 0 saturated carbocycles. The minimum absolute atomic E-state index is 0. The molecule has 0 fully saturated rings. The minimum Gasteiger partial charge on any atom is -0.331 e. The van der Waals surface area contributed by atoms with Crippen molar-refractivity contribution in [3.05, 3.63) is 144 Å². The third kappa shape index (κ3) is 5.94. The number of rotatable bonds is 6. The van der Waals surface area contributed by atoms with Gasteiger partial charge in [0.1, 0.15) is 5.65 Å². The molecule has 0 spiro atoms. The molecule has 4 nitrogen and oxygen atoms in total. The van der Waals surface area contributed by atoms with Crippen LogP contribution in [0.25, 0.3) is 66.6 Å². The minimum atomic E-state index is -0.0276. The van der Waals surface area contributed by atoms with Crippen molar-refractivity contribution in [3.63, 3.8) is 0 Å². The van der Waals surface area contributed by atoms with Crippen LogP contribution in [-0.2, 0) is 26.5 Å². The van der Waals surface area contributed by atoms with Gasteiger partial charge in [-0.25, -0.2) is 4.98 Å². The fraction of sp³-hybridized carbons (Fsp3) is 0.217. The maximum absolute atomic E-state index is 4.96. The predicted molar refractivity (Wildman–Crippen MR) is 209 cm³/mol. The molecule has 0 atom stereocenters. The summed E-state index contributed by atoms with van der Waals surface area (Å²) in [7, 11) is 0. The van der Waals surface area contributed by atoms with Crippen LogP contribution in [0.1, 0.15) is 77.0 Å². The van der Waals surface area contributed by atoms with E-state index < -0.39 is 0 Å². The first kappa shape index (κ1) is 34.6. The SMILES string of the molecule is CC(C)c1cccc(C(C)C)c1-n1ccnc1-c1[c-]c2c(-c3[c-]c(-n4c5ccccc5c5c(C(C)(C)C)ccnc54)ccc3)cccc2cc1.[Pt+2]. The molecule has 0 aliphatic rings. The molecule has 0 unspecified atom stereocenters. The van der Waals surface area contributed by atoms with Crippen molar-refractivity contribution < 1.29 is 21.1 Å². The van der Waals surface area contributed by atoms with E-state index in [0.717, 1.165) is 50.1 Å². The van der Waals surface area contributed by atoms with Crippen LogP contribution in [0, 0.1) is 12.1 Å². The van der Waals surface area contributed by atoms with Crippen molar-refractivity contribution in [1.29, 1.82) is 0 Å². The van der Waals surface area contributed by atoms with Gasteiger partial charge in [-0.2, -0.15) is 0 Å². The van der Waals surface area contributed by atoms with E-state index in [2.05, 4.69) is 173 Å². The number of fused-ring (bicyclic) bond motifs is 4. The van der Waals surface area contributed by atoms with Crippen LogP contribution in [-0.4, -0.2) is 19.1 Å². The molecule has 3 aromatic heterocycles. The van der Waals surface area contributed by atoms with E-state index in [-0.39, 0.29) is 26.5 Å². The average molecular weight is 846 g/mol. The van der Waals surface area contributed by atoms with Crippen LogP contribution < -0.4 is 0 Å². The molecule has 0 bridgehead atoms. The Morgan fingerprint density at radius 1 is 0.667 bits per heavy atom. The number of imidazole rings is 1. The summed E-state index contributed by atoms with van der Waals surface area (Å²) in [5.41, 5.74) is 11.2. The van der Waals surface area contributed by atoms with Gasteiger partial charge < -0.3 is 9.13 Å². The molecule has 0 saturated heterocycles. The molecule has 0 amide bonds. The first-order chi connectivity index (χ1) is 24.1. The molecule has 5 aromatic carbocycles. The first-order valence-electron chi connectivity index (χ1n) is 17.7. The van der Waals surface area contributed by atoms with Gasteiger partial charge in [0.2, 0.25) is 0 Å². The third-order valence-corrected chi connectivity index (χ3v) is 9.93. The summed E-state index contributed by atoms with van der Waals surface area (Å²) in [6.07, 6.45) is 5.94. The second kappa shape index (κ2) is 13.4. The summed E-state index contributed by atoms with van der Waals surface area (Å²) in [5.74, 6) is 1.64. The maximum Gasteiger partial charge on any atom is 2.00 e. The van der Waals surface area contributed by atoms with Crippen molar-refractivity contribution in [2.75, 3.05) is 0 Å². The largest absolute Gasteiger partial charge is 2.00 e. The Hall–Kier alpha value is -4.79. The normalized spacial score (nSPS) is 12.0. The summed E-state index contributed by atoms with van der Waals surface area (Å²) in [6, 6.07) is 42.3. The smallest absolute Gasteiger partial charge is 0.331 e. The average Bonchev–Trinajstić information content (AvgIpc) is 3.73. The van der Waals surface area contributed by atoms with Gasteiger partial charge in [0.05, 0.1) is 11.3 Å². The number of nitrogens with zero attached hydrogens (tertiary/aromatic N) is 4. The molecule has 0 aliphatic heterocycles. The van der Waals surface area contributed by atoms with E-state index in [9.17, 15) is 0 Å². The Kier molecular flexibility index (Phi) is 9.10. The zero-order valence-electron chi connectivity index (χ0n) is 30.2. The van der Waals surface area contributed by atoms with Gasteiger partial charge in [-0.1, -0.05) is 114 Å². The van der Waals surface area contributed by atoms with Crippen molar-refractivity contribution in [1.82, 2.24) is 19.1 Å². The second-order valence-electron chi connectivity index (χ2n) is 15.0. The summed E-state index contributed by atoms with van der Waals surface area (Å²) >= 11 is 0. The molecule has 256 valence electrons. The van der Waals surface area contributed by atoms with Gasteiger partial charge in [-0.3, -0.25) is 4.98 Å². The van der Waals surface area contributed by atoms with E-state index in [1.807, 2.05) is 12.4 Å². The van der Waals surface area contributed by atoms with Crippen molar-refractivity contribution in [2.24, 2.45) is 0 Å². The number of aromatic nitrogens is 4. The zero-order valence-corrected chi connectivity index (χ0v) is 32.5. The van der Waals surface area contributed by atoms with Crippen LogP contribution >= 0.6 is 0 Å². The number of hydrogen-bond donors (Lipinski definition) is 0. The van der Waals surface area contributed by atoms with Crippen molar-refractivity contribution in [2.45, 2.75) is 65.7 Å². The topological polar surface area (TPSA) is 35.6 Å². The zero-order chi connectivity index (χ0) is 34.7. The Bertz CT molecular complexity index is 2520. The van der Waals surface area contributed by atoms with Gasteiger partial charge in [-0.05, 0) is 51.8 Å². The van der Waals surface area contributed by atoms with Crippen LogP contribution in [0.2, 0.25) is 0 Å². The van der Waals surface area contributed by atoms with Gasteiger partial charge in [0.25, 0.3) is 0 Å². The summed E-state index contributed by atoms with van der Waals surface area (Å²) in [5, 5.41) is 4.58. The molecule has 51 heavy (non-hydrogen) atoms. The predicted octanol–water partition coefficient (Wildman–Crippen LogP) is 12.0. The van der Waals surface area contributed by atoms with E-state index in [1.54, 1.807) is 0 Å². The molecule has 8 aromatic rings. The Morgan fingerprint density at radius 2 is 1.39 bits per heavy atom. The van der Waals surface area contributed by atoms with E-state index in [0.29, 0.717) is 11.8 Å². The third-order valence-electron chi connectivity index (χ3n) is 9.93. The summed E-state index contributed by atoms with van der Waals surface area (Å²) < 4.78 is 4.53. The van der Waals surface area contributed by atoms with Crippen LogP contribution in [0.4, 0.5) is 0 Å². The number of para-hydroxylation sites is 2. The van der Waals surface area contributed by atoms with Crippen LogP contribution in [0.5, 0.6) is 0 Å². The molecule has 5 heteroatoms. The maximum atomic E-state index is 4.96. The molecule has 0 N–H and O–H groups in total. The summed E-state index contributed by atoms with van der Waals surface area (Å²) in [4.78, 5) is 9.87. The van der Waals surface area contributed by atoms with E-state index in [4.69, 9.17) is 9.97 Å². The molecule has 0 radical (unpaired) electrons. The molecular weight excluding hydrogens is 804 g/mol. The fourth-order valence-corrected chi connectivity index (χ4v) is 7.52. The molecule has 3 heterocycles. The number of pyridine rings is 1. The van der Waals surface area contributed by atoms with Crippen molar-refractivity contribution >= 4 is 32.7 Å². The van der Waals surface area contributed by atoms with Gasteiger partial charge >= 0.3 is 21.1 Å². The molecule has 0 aliphatic carbocycles. The van der Waals surface area contributed by atoms with E-state index in [1.165, 1.54) is 33.2 Å². The van der Waals surface area contributed by atoms with Gasteiger partial charge in [-0.15, -0.1) is 59.0 Å². The van der Waals surface area contributed by atoms with Crippen LogP contribution in [0.3, 0.4) is 0 Å². The van der Waals surface area contributed by atoms with Crippen LogP contribution in [0.15, 0.2) is 116 Å². The number of hydrogen-bond acceptors (Lipinski definition) is 2. The fourth-order valence-electron chi connectivity index (χ4n) is 7.52. The van der Waals surface area contributed by atoms with Gasteiger partial charge in [0.15, 0.2) is 0 Å². The monoisotopic (exact) mass is 845 g/mol.